The lowest BCUT2D eigenvalue weighted by atomic mass is 10.1. The van der Waals surface area contributed by atoms with Crippen LogP contribution < -0.4 is 19.5 Å². The number of aromatic carboxylic acids is 1. The van der Waals surface area contributed by atoms with Crippen molar-refractivity contribution in [2.24, 2.45) is 5.14 Å². The molecule has 1 saturated heterocycles. The number of benzene rings is 3. The normalized spacial score (nSPS) is 13.7. The standard InChI is InChI=1S/C24H24N2O6S/c25-33(29,30)22-15-18(24(27)28)14-21(26-12-4-5-13-26)23(22)32-20-10-8-19(9-11-20)31-16-17-6-2-1-3-7-17/h1-3,6-11,14-15H,4-5,12-13,16H2,(H,27,28)(H2,25,29,30). The van der Waals surface area contributed by atoms with Crippen molar-refractivity contribution >= 4 is 21.7 Å². The molecule has 172 valence electrons. The zero-order valence-corrected chi connectivity index (χ0v) is 18.6. The lowest BCUT2D eigenvalue weighted by molar-refractivity contribution is 0.0696. The van der Waals surface area contributed by atoms with E-state index in [0.29, 0.717) is 36.9 Å². The Labute approximate surface area is 192 Å². The summed E-state index contributed by atoms with van der Waals surface area (Å²) in [5.74, 6) is -0.233. The van der Waals surface area contributed by atoms with Crippen LogP contribution in [0.5, 0.6) is 17.2 Å². The molecule has 0 aliphatic carbocycles. The van der Waals surface area contributed by atoms with Gasteiger partial charge < -0.3 is 19.5 Å². The van der Waals surface area contributed by atoms with Crippen molar-refractivity contribution < 1.29 is 27.8 Å². The molecular formula is C24H24N2O6S. The monoisotopic (exact) mass is 468 g/mol. The van der Waals surface area contributed by atoms with Crippen molar-refractivity contribution in [3.8, 4) is 17.2 Å². The van der Waals surface area contributed by atoms with Crippen LogP contribution in [0.15, 0.2) is 71.6 Å². The highest BCUT2D eigenvalue weighted by atomic mass is 32.2. The smallest absolute Gasteiger partial charge is 0.335 e. The fraction of sp³-hybridized carbons (Fsp3) is 0.208. The Kier molecular flexibility index (Phi) is 6.52. The van der Waals surface area contributed by atoms with Crippen LogP contribution in [0.3, 0.4) is 0 Å². The Morgan fingerprint density at radius 1 is 0.970 bits per heavy atom. The minimum Gasteiger partial charge on any atom is -0.489 e. The molecule has 9 heteroatoms. The van der Waals surface area contributed by atoms with Crippen LogP contribution >= 0.6 is 0 Å². The van der Waals surface area contributed by atoms with Crippen LogP contribution in [-0.4, -0.2) is 32.6 Å². The van der Waals surface area contributed by atoms with E-state index in [1.165, 1.54) is 6.07 Å². The molecule has 0 radical (unpaired) electrons. The molecule has 3 aromatic rings. The molecule has 1 aliphatic rings. The number of primary sulfonamides is 1. The first-order valence-corrected chi connectivity index (χ1v) is 12.0. The van der Waals surface area contributed by atoms with Crippen LogP contribution in [-0.2, 0) is 16.6 Å². The van der Waals surface area contributed by atoms with Crippen molar-refractivity contribution in [1.29, 1.82) is 0 Å². The summed E-state index contributed by atoms with van der Waals surface area (Å²) in [4.78, 5) is 13.2. The van der Waals surface area contributed by atoms with Crippen LogP contribution in [0.2, 0.25) is 0 Å². The van der Waals surface area contributed by atoms with E-state index < -0.39 is 16.0 Å². The molecule has 0 aromatic heterocycles. The number of ether oxygens (including phenoxy) is 2. The molecule has 3 N–H and O–H groups in total. The molecule has 0 bridgehead atoms. The second-order valence-corrected chi connectivity index (χ2v) is 9.24. The fourth-order valence-electron chi connectivity index (χ4n) is 3.68. The van der Waals surface area contributed by atoms with E-state index in [9.17, 15) is 18.3 Å². The third-order valence-electron chi connectivity index (χ3n) is 5.33. The van der Waals surface area contributed by atoms with Crippen LogP contribution in [0, 0.1) is 0 Å². The van der Waals surface area contributed by atoms with E-state index >= 15 is 0 Å². The van der Waals surface area contributed by atoms with Crippen LogP contribution in [0.1, 0.15) is 28.8 Å². The Hall–Kier alpha value is -3.56. The number of nitrogens with two attached hydrogens (primary N) is 1. The van der Waals surface area contributed by atoms with E-state index in [1.807, 2.05) is 35.2 Å². The van der Waals surface area contributed by atoms with Crippen molar-refractivity contribution in [2.45, 2.75) is 24.3 Å². The molecular weight excluding hydrogens is 444 g/mol. The molecule has 8 nitrogen and oxygen atoms in total. The first kappa shape index (κ1) is 22.6. The quantitative estimate of drug-likeness (QED) is 0.513. The van der Waals surface area contributed by atoms with Gasteiger partial charge in [-0.1, -0.05) is 30.3 Å². The highest BCUT2D eigenvalue weighted by molar-refractivity contribution is 7.89. The zero-order chi connectivity index (χ0) is 23.4. The summed E-state index contributed by atoms with van der Waals surface area (Å²) >= 11 is 0. The van der Waals surface area contributed by atoms with E-state index in [2.05, 4.69) is 0 Å². The number of carboxylic acids is 1. The molecule has 4 rings (SSSR count). The van der Waals surface area contributed by atoms with Gasteiger partial charge in [0.15, 0.2) is 5.75 Å². The summed E-state index contributed by atoms with van der Waals surface area (Å²) in [6.45, 7) is 1.73. The predicted octanol–water partition coefficient (Wildman–Crippen LogP) is 4.00. The molecule has 33 heavy (non-hydrogen) atoms. The maximum atomic E-state index is 12.3. The average Bonchev–Trinajstić information content (AvgIpc) is 3.33. The molecule has 1 aliphatic heterocycles. The summed E-state index contributed by atoms with van der Waals surface area (Å²) in [5, 5.41) is 14.9. The average molecular weight is 469 g/mol. The van der Waals surface area contributed by atoms with Crippen molar-refractivity contribution in [3.63, 3.8) is 0 Å². The third-order valence-corrected chi connectivity index (χ3v) is 6.24. The van der Waals surface area contributed by atoms with Crippen LogP contribution in [0.4, 0.5) is 5.69 Å². The van der Waals surface area contributed by atoms with Crippen molar-refractivity contribution in [1.82, 2.24) is 0 Å². The Balaban J connectivity index is 1.64. The number of hydrogen-bond donors (Lipinski definition) is 2. The highest BCUT2D eigenvalue weighted by Gasteiger charge is 2.27. The third kappa shape index (κ3) is 5.44. The first-order chi connectivity index (χ1) is 15.8. The number of hydrogen-bond acceptors (Lipinski definition) is 6. The molecule has 1 heterocycles. The maximum Gasteiger partial charge on any atom is 0.335 e. The van der Waals surface area contributed by atoms with Gasteiger partial charge >= 0.3 is 5.97 Å². The molecule has 1 fully saturated rings. The van der Waals surface area contributed by atoms with E-state index in [0.717, 1.165) is 24.5 Å². The Bertz CT molecular complexity index is 1240. The molecule has 0 spiro atoms. The summed E-state index contributed by atoms with van der Waals surface area (Å²) in [6.07, 6.45) is 1.82. The number of anilines is 1. The minimum atomic E-state index is -4.25. The second kappa shape index (κ2) is 9.51. The number of carboxylic acid groups (broad SMARTS) is 1. The molecule has 0 saturated carbocycles. The minimum absolute atomic E-state index is 0.0161. The fourth-order valence-corrected chi connectivity index (χ4v) is 4.38. The Morgan fingerprint density at radius 3 is 2.21 bits per heavy atom. The van der Waals surface area contributed by atoms with Gasteiger partial charge in [0.2, 0.25) is 10.0 Å². The van der Waals surface area contributed by atoms with Gasteiger partial charge in [-0.15, -0.1) is 0 Å². The van der Waals surface area contributed by atoms with Gasteiger partial charge in [-0.2, -0.15) is 0 Å². The van der Waals surface area contributed by atoms with Crippen molar-refractivity contribution in [3.05, 3.63) is 77.9 Å². The van der Waals surface area contributed by atoms with Gasteiger partial charge in [0, 0.05) is 13.1 Å². The number of carbonyl (C=O) groups is 1. The zero-order valence-electron chi connectivity index (χ0n) is 17.8. The van der Waals surface area contributed by atoms with E-state index in [-0.39, 0.29) is 16.2 Å². The van der Waals surface area contributed by atoms with E-state index in [4.69, 9.17) is 14.6 Å². The Morgan fingerprint density at radius 2 is 1.61 bits per heavy atom. The highest BCUT2D eigenvalue weighted by Crippen LogP contribution is 2.40. The summed E-state index contributed by atoms with van der Waals surface area (Å²) in [6, 6.07) is 19.0. The van der Waals surface area contributed by atoms with Gasteiger partial charge in [0.05, 0.1) is 11.3 Å². The molecule has 0 atom stereocenters. The van der Waals surface area contributed by atoms with E-state index in [1.54, 1.807) is 24.3 Å². The lowest BCUT2D eigenvalue weighted by Gasteiger charge is -2.23. The topological polar surface area (TPSA) is 119 Å². The molecule has 0 amide bonds. The van der Waals surface area contributed by atoms with Gasteiger partial charge in [0.1, 0.15) is 23.0 Å². The number of nitrogens with zero attached hydrogens (tertiary/aromatic N) is 1. The summed E-state index contributed by atoms with van der Waals surface area (Å²) in [7, 11) is -4.25. The van der Waals surface area contributed by atoms with Crippen LogP contribution in [0.25, 0.3) is 0 Å². The first-order valence-electron chi connectivity index (χ1n) is 10.4. The summed E-state index contributed by atoms with van der Waals surface area (Å²) in [5.41, 5.74) is 1.25. The predicted molar refractivity (Wildman–Crippen MR) is 124 cm³/mol. The molecule has 0 unspecified atom stereocenters. The summed E-state index contributed by atoms with van der Waals surface area (Å²) < 4.78 is 36.4. The van der Waals surface area contributed by atoms with Crippen molar-refractivity contribution in [2.75, 3.05) is 18.0 Å². The van der Waals surface area contributed by atoms with Gasteiger partial charge in [-0.25, -0.2) is 18.4 Å². The maximum absolute atomic E-state index is 12.3. The van der Waals surface area contributed by atoms with Gasteiger partial charge in [-0.05, 0) is 54.8 Å². The number of sulfonamides is 1. The lowest BCUT2D eigenvalue weighted by Crippen LogP contribution is -2.21. The molecule has 3 aromatic carbocycles. The largest absolute Gasteiger partial charge is 0.489 e. The second-order valence-electron chi connectivity index (χ2n) is 7.71. The van der Waals surface area contributed by atoms with Gasteiger partial charge in [0.25, 0.3) is 0 Å². The van der Waals surface area contributed by atoms with Gasteiger partial charge in [-0.3, -0.25) is 0 Å². The number of rotatable bonds is 8. The SMILES string of the molecule is NS(=O)(=O)c1cc(C(=O)O)cc(N2CCCC2)c1Oc1ccc(OCc2ccccc2)cc1.